The van der Waals surface area contributed by atoms with Gasteiger partial charge in [0.25, 0.3) is 0 Å². The summed E-state index contributed by atoms with van der Waals surface area (Å²) >= 11 is 0. The van der Waals surface area contributed by atoms with E-state index < -0.39 is 43.9 Å². The van der Waals surface area contributed by atoms with Gasteiger partial charge in [-0.1, -0.05) is 0 Å². The van der Waals surface area contributed by atoms with Crippen molar-refractivity contribution in [2.75, 3.05) is 13.2 Å². The molecule has 0 spiro atoms. The Morgan fingerprint density at radius 3 is 2.43 bits per heavy atom. The van der Waals surface area contributed by atoms with Crippen LogP contribution in [0.2, 0.25) is 0 Å². The fourth-order valence-electron chi connectivity index (χ4n) is 2.94. The van der Waals surface area contributed by atoms with Gasteiger partial charge in [-0.2, -0.15) is 0 Å². The van der Waals surface area contributed by atoms with E-state index in [0.717, 1.165) is 0 Å². The molecule has 0 saturated carbocycles. The molecule has 4 radical (unpaired) electrons. The molecule has 0 aromatic heterocycles. The average Bonchev–Trinajstić information content (AvgIpc) is 3.04. The maximum Gasteiger partial charge on any atom is 0.473 e. The SMILES string of the molecule is [B][C@@H]1O[C@H](COC(C)C)[C@H](OP(=O)(O)OC[C@H]2O[C@@H]([B])C[C@H]2OC(C)C)C1=O. The fraction of sp³-hybridized carbons (Fsp3) is 0.938. The molecule has 156 valence electrons. The van der Waals surface area contributed by atoms with E-state index in [0.29, 0.717) is 6.42 Å². The Balaban J connectivity index is 1.94. The maximum absolute atomic E-state index is 12.4. The lowest BCUT2D eigenvalue weighted by molar-refractivity contribution is -0.125. The topological polar surface area (TPSA) is 110 Å². The normalized spacial score (nSPS) is 35.8. The Morgan fingerprint density at radius 2 is 1.82 bits per heavy atom. The van der Waals surface area contributed by atoms with E-state index in [9.17, 15) is 14.3 Å². The van der Waals surface area contributed by atoms with Crippen molar-refractivity contribution >= 4 is 29.3 Å². The van der Waals surface area contributed by atoms with Crippen LogP contribution >= 0.6 is 7.82 Å². The van der Waals surface area contributed by atoms with Crippen LogP contribution < -0.4 is 0 Å². The summed E-state index contributed by atoms with van der Waals surface area (Å²) in [7, 11) is 6.72. The standard InChI is InChI=1S/C16H27B2O9P/c1-8(2)22-6-12-15(14(19)16(18)26-12)27-28(20,21)23-7-11-10(24-9(3)4)5-13(17)25-11/h8-13,15-16H,5-7H2,1-4H3,(H,20,21)/t10-,11-,12-,13-,15+,16-/m1/s1. The van der Waals surface area contributed by atoms with Crippen LogP contribution in [0.5, 0.6) is 0 Å². The van der Waals surface area contributed by atoms with Crippen LogP contribution in [0.3, 0.4) is 0 Å². The molecule has 0 aromatic rings. The Kier molecular flexibility index (Phi) is 8.73. The van der Waals surface area contributed by atoms with E-state index >= 15 is 0 Å². The Hall–Kier alpha value is -0.250. The molecular formula is C16H27B2O9P. The predicted molar refractivity (Wildman–Crippen MR) is 100 cm³/mol. The van der Waals surface area contributed by atoms with Crippen LogP contribution in [0.15, 0.2) is 0 Å². The van der Waals surface area contributed by atoms with Crippen molar-refractivity contribution in [1.29, 1.82) is 0 Å². The molecule has 2 aliphatic heterocycles. The molecule has 0 aromatic carbocycles. The third-order valence-electron chi connectivity index (χ3n) is 4.14. The first-order valence-electron chi connectivity index (χ1n) is 9.27. The highest BCUT2D eigenvalue weighted by Gasteiger charge is 2.46. The van der Waals surface area contributed by atoms with Gasteiger partial charge in [0, 0.05) is 6.00 Å². The van der Waals surface area contributed by atoms with Crippen molar-refractivity contribution in [1.82, 2.24) is 0 Å². The van der Waals surface area contributed by atoms with Crippen molar-refractivity contribution in [2.24, 2.45) is 0 Å². The van der Waals surface area contributed by atoms with Gasteiger partial charge >= 0.3 is 7.82 Å². The molecule has 7 atom stereocenters. The van der Waals surface area contributed by atoms with Crippen LogP contribution in [-0.4, -0.2) is 88.2 Å². The molecule has 9 nitrogen and oxygen atoms in total. The molecule has 0 bridgehead atoms. The summed E-state index contributed by atoms with van der Waals surface area (Å²) in [5.41, 5.74) is 0. The molecule has 12 heteroatoms. The first-order chi connectivity index (χ1) is 13.0. The third kappa shape index (κ3) is 6.92. The average molecular weight is 416 g/mol. The molecule has 1 N–H and O–H groups in total. The predicted octanol–water partition coefficient (Wildman–Crippen LogP) is 0.453. The van der Waals surface area contributed by atoms with Crippen molar-refractivity contribution in [3.8, 4) is 0 Å². The number of rotatable bonds is 10. The second-order valence-corrected chi connectivity index (χ2v) is 8.75. The smallest absolute Gasteiger partial charge is 0.380 e. The van der Waals surface area contributed by atoms with Crippen molar-refractivity contribution in [2.45, 2.75) is 82.7 Å². The quantitative estimate of drug-likeness (QED) is 0.401. The van der Waals surface area contributed by atoms with E-state index in [-0.39, 0.29) is 31.5 Å². The summed E-state index contributed by atoms with van der Waals surface area (Å²) in [6.07, 6.45) is -3.08. The number of phosphoric ester groups is 1. The minimum Gasteiger partial charge on any atom is -0.380 e. The highest BCUT2D eigenvalue weighted by Crippen LogP contribution is 2.47. The lowest BCUT2D eigenvalue weighted by atomic mass is 9.95. The highest BCUT2D eigenvalue weighted by molar-refractivity contribution is 7.47. The number of carbonyl (C=O) groups is 1. The van der Waals surface area contributed by atoms with Gasteiger partial charge < -0.3 is 23.8 Å². The van der Waals surface area contributed by atoms with E-state index in [4.69, 9.17) is 43.7 Å². The van der Waals surface area contributed by atoms with Gasteiger partial charge in [0.05, 0.1) is 37.5 Å². The summed E-state index contributed by atoms with van der Waals surface area (Å²) in [5, 5.41) is 0. The Bertz CT molecular complexity index is 576. The summed E-state index contributed by atoms with van der Waals surface area (Å²) in [5.74, 6) is -0.657. The second kappa shape index (κ2) is 10.2. The van der Waals surface area contributed by atoms with Crippen LogP contribution in [-0.2, 0) is 37.4 Å². The summed E-state index contributed by atoms with van der Waals surface area (Å²) in [6, 6.07) is -1.82. The van der Waals surface area contributed by atoms with Gasteiger partial charge in [0.2, 0.25) is 0 Å². The molecule has 1 unspecified atom stereocenters. The molecule has 2 fully saturated rings. The van der Waals surface area contributed by atoms with Crippen LogP contribution in [0.4, 0.5) is 0 Å². The highest BCUT2D eigenvalue weighted by atomic mass is 31.2. The number of hydrogen-bond donors (Lipinski definition) is 1. The number of carbonyl (C=O) groups excluding carboxylic acids is 1. The summed E-state index contributed by atoms with van der Waals surface area (Å²) < 4.78 is 44.3. The monoisotopic (exact) mass is 416 g/mol. The first-order valence-corrected chi connectivity index (χ1v) is 10.8. The lowest BCUT2D eigenvalue weighted by Gasteiger charge is -2.24. The number of ketones is 1. The van der Waals surface area contributed by atoms with Crippen LogP contribution in [0, 0.1) is 0 Å². The fourth-order valence-corrected chi connectivity index (χ4v) is 3.86. The van der Waals surface area contributed by atoms with E-state index in [1.54, 1.807) is 13.8 Å². The van der Waals surface area contributed by atoms with Gasteiger partial charge in [-0.15, -0.1) is 0 Å². The van der Waals surface area contributed by atoms with Crippen LogP contribution in [0.1, 0.15) is 34.1 Å². The van der Waals surface area contributed by atoms with E-state index in [1.165, 1.54) is 0 Å². The molecule has 0 aliphatic carbocycles. The zero-order valence-corrected chi connectivity index (χ0v) is 17.4. The van der Waals surface area contributed by atoms with Crippen molar-refractivity contribution in [3.63, 3.8) is 0 Å². The summed E-state index contributed by atoms with van der Waals surface area (Å²) in [6.45, 7) is 7.00. The largest absolute Gasteiger partial charge is 0.473 e. The van der Waals surface area contributed by atoms with E-state index in [1.807, 2.05) is 13.8 Å². The van der Waals surface area contributed by atoms with Gasteiger partial charge in [-0.25, -0.2) is 4.57 Å². The molecule has 2 saturated heterocycles. The second-order valence-electron chi connectivity index (χ2n) is 7.34. The summed E-state index contributed by atoms with van der Waals surface area (Å²) in [4.78, 5) is 22.2. The van der Waals surface area contributed by atoms with Gasteiger partial charge in [0.1, 0.15) is 27.9 Å². The zero-order chi connectivity index (χ0) is 21.1. The van der Waals surface area contributed by atoms with Gasteiger partial charge in [-0.05, 0) is 34.1 Å². The molecule has 2 heterocycles. The number of ether oxygens (including phenoxy) is 4. The number of phosphoric acid groups is 1. The van der Waals surface area contributed by atoms with Crippen molar-refractivity contribution < 1.29 is 42.2 Å². The van der Waals surface area contributed by atoms with Gasteiger partial charge in [-0.3, -0.25) is 13.8 Å². The maximum atomic E-state index is 12.4. The van der Waals surface area contributed by atoms with Gasteiger partial charge in [0.15, 0.2) is 11.9 Å². The number of Topliss-reactive ketones (excluding diaryl/α,β-unsaturated/α-hetero) is 1. The molecule has 28 heavy (non-hydrogen) atoms. The molecule has 2 aliphatic rings. The number of hydrogen-bond acceptors (Lipinski definition) is 8. The van der Waals surface area contributed by atoms with Crippen molar-refractivity contribution in [3.05, 3.63) is 0 Å². The minimum absolute atomic E-state index is 0.0212. The molecular weight excluding hydrogens is 389 g/mol. The Morgan fingerprint density at radius 1 is 1.14 bits per heavy atom. The molecule has 2 rings (SSSR count). The lowest BCUT2D eigenvalue weighted by Crippen LogP contribution is -2.35. The minimum atomic E-state index is -4.61. The first kappa shape index (κ1) is 24.0. The molecule has 0 amide bonds. The zero-order valence-electron chi connectivity index (χ0n) is 16.6. The van der Waals surface area contributed by atoms with E-state index in [2.05, 4.69) is 0 Å². The third-order valence-corrected chi connectivity index (χ3v) is 5.11. The Labute approximate surface area is 168 Å². The van der Waals surface area contributed by atoms with Crippen LogP contribution in [0.25, 0.3) is 0 Å².